The summed E-state index contributed by atoms with van der Waals surface area (Å²) in [6.45, 7) is 4.48. The van der Waals surface area contributed by atoms with Crippen LogP contribution in [0.3, 0.4) is 0 Å². The summed E-state index contributed by atoms with van der Waals surface area (Å²) < 4.78 is 15.2. The van der Waals surface area contributed by atoms with Gasteiger partial charge in [-0.1, -0.05) is 12.1 Å². The molecule has 0 N–H and O–H groups in total. The van der Waals surface area contributed by atoms with E-state index in [0.717, 1.165) is 22.6 Å². The van der Waals surface area contributed by atoms with Crippen LogP contribution in [0, 0.1) is 6.92 Å². The zero-order chi connectivity index (χ0) is 14.1. The Morgan fingerprint density at radius 3 is 2.84 bits per heavy atom. The predicted octanol–water partition coefficient (Wildman–Crippen LogP) is 2.77. The van der Waals surface area contributed by atoms with Gasteiger partial charge < -0.3 is 14.2 Å². The van der Waals surface area contributed by atoms with Crippen molar-refractivity contribution in [2.75, 3.05) is 26.3 Å². The third kappa shape index (κ3) is 5.53. The Bertz CT molecular complexity index is 406. The zero-order valence-electron chi connectivity index (χ0n) is 11.6. The summed E-state index contributed by atoms with van der Waals surface area (Å²) in [6, 6.07) is 5.89. The predicted molar refractivity (Wildman–Crippen MR) is 76.5 cm³/mol. The highest BCUT2D eigenvalue weighted by molar-refractivity contribution is 7.99. The summed E-state index contributed by atoms with van der Waals surface area (Å²) in [5.74, 6) is 1.78. The molecule has 1 rings (SSSR count). The second-order valence-corrected chi connectivity index (χ2v) is 4.87. The van der Waals surface area contributed by atoms with E-state index in [4.69, 9.17) is 14.2 Å². The Morgan fingerprint density at radius 1 is 1.37 bits per heavy atom. The van der Waals surface area contributed by atoms with Crippen LogP contribution >= 0.6 is 11.8 Å². The smallest absolute Gasteiger partial charge is 0.315 e. The van der Waals surface area contributed by atoms with Gasteiger partial charge >= 0.3 is 5.97 Å². The molecule has 0 saturated carbocycles. The lowest BCUT2D eigenvalue weighted by molar-refractivity contribution is -0.139. The molecule has 5 heteroatoms. The Balaban J connectivity index is 2.51. The Morgan fingerprint density at radius 2 is 2.16 bits per heavy atom. The molecule has 0 aliphatic heterocycles. The van der Waals surface area contributed by atoms with Crippen LogP contribution in [0.2, 0.25) is 0 Å². The number of rotatable bonds is 8. The van der Waals surface area contributed by atoms with Gasteiger partial charge in [0.2, 0.25) is 0 Å². The van der Waals surface area contributed by atoms with Crippen molar-refractivity contribution in [1.29, 1.82) is 0 Å². The normalized spacial score (nSPS) is 10.3. The van der Waals surface area contributed by atoms with Crippen LogP contribution in [0.1, 0.15) is 18.1 Å². The summed E-state index contributed by atoms with van der Waals surface area (Å²) in [5, 5.41) is 0. The van der Waals surface area contributed by atoms with Crippen LogP contribution in [-0.2, 0) is 20.0 Å². The van der Waals surface area contributed by atoms with Gasteiger partial charge in [0, 0.05) is 12.9 Å². The van der Waals surface area contributed by atoms with Crippen LogP contribution < -0.4 is 4.74 Å². The highest BCUT2D eigenvalue weighted by Gasteiger charge is 2.07. The van der Waals surface area contributed by atoms with Crippen molar-refractivity contribution in [1.82, 2.24) is 0 Å². The third-order valence-corrected chi connectivity index (χ3v) is 3.47. The molecule has 0 bridgehead atoms. The zero-order valence-corrected chi connectivity index (χ0v) is 12.4. The van der Waals surface area contributed by atoms with Crippen molar-refractivity contribution in [3.8, 4) is 5.75 Å². The van der Waals surface area contributed by atoms with Gasteiger partial charge in [-0.05, 0) is 31.0 Å². The number of carbonyl (C=O) groups excluding carboxylic acids is 1. The molecule has 4 nitrogen and oxygen atoms in total. The van der Waals surface area contributed by atoms with E-state index in [2.05, 4.69) is 0 Å². The molecule has 0 unspecified atom stereocenters. The minimum Gasteiger partial charge on any atom is -0.467 e. The van der Waals surface area contributed by atoms with Gasteiger partial charge in [0.05, 0.1) is 12.4 Å². The van der Waals surface area contributed by atoms with E-state index in [1.54, 1.807) is 7.11 Å². The van der Waals surface area contributed by atoms with Crippen molar-refractivity contribution < 1.29 is 19.0 Å². The standard InChI is InChI=1S/C14H20O4S/c1-4-17-14(15)9-19-8-12-6-5-7-13(11(12)2)18-10-16-3/h5-7H,4,8-10H2,1-3H3. The fourth-order valence-electron chi connectivity index (χ4n) is 1.54. The highest BCUT2D eigenvalue weighted by Crippen LogP contribution is 2.24. The number of hydrogen-bond donors (Lipinski definition) is 0. The number of benzene rings is 1. The van der Waals surface area contributed by atoms with Gasteiger partial charge in [0.15, 0.2) is 6.79 Å². The fourth-order valence-corrected chi connectivity index (χ4v) is 2.43. The largest absolute Gasteiger partial charge is 0.467 e. The Hall–Kier alpha value is -1.20. The Kier molecular flexibility index (Phi) is 7.36. The molecule has 106 valence electrons. The molecule has 0 amide bonds. The molecule has 19 heavy (non-hydrogen) atoms. The average molecular weight is 284 g/mol. The van der Waals surface area contributed by atoms with Crippen molar-refractivity contribution in [3.63, 3.8) is 0 Å². The summed E-state index contributed by atoms with van der Waals surface area (Å²) in [7, 11) is 1.59. The van der Waals surface area contributed by atoms with Crippen LogP contribution in [0.25, 0.3) is 0 Å². The van der Waals surface area contributed by atoms with Gasteiger partial charge in [-0.3, -0.25) is 4.79 Å². The molecule has 0 aliphatic rings. The van der Waals surface area contributed by atoms with Crippen LogP contribution in [-0.4, -0.2) is 32.2 Å². The molecule has 1 aromatic carbocycles. The fraction of sp³-hybridized carbons (Fsp3) is 0.500. The van der Waals surface area contributed by atoms with Crippen molar-refractivity contribution in [2.45, 2.75) is 19.6 Å². The van der Waals surface area contributed by atoms with Gasteiger partial charge in [0.25, 0.3) is 0 Å². The van der Waals surface area contributed by atoms with E-state index in [-0.39, 0.29) is 12.8 Å². The van der Waals surface area contributed by atoms with Crippen LogP contribution in [0.15, 0.2) is 18.2 Å². The lowest BCUT2D eigenvalue weighted by atomic mass is 10.1. The topological polar surface area (TPSA) is 44.8 Å². The van der Waals surface area contributed by atoms with Crippen molar-refractivity contribution >= 4 is 17.7 Å². The number of ether oxygens (including phenoxy) is 3. The first-order valence-electron chi connectivity index (χ1n) is 6.12. The Labute approximate surface area is 118 Å². The van der Waals surface area contributed by atoms with Crippen molar-refractivity contribution in [2.24, 2.45) is 0 Å². The lowest BCUT2D eigenvalue weighted by Crippen LogP contribution is -2.07. The molecule has 0 aliphatic carbocycles. The second-order valence-electron chi connectivity index (χ2n) is 3.89. The van der Waals surface area contributed by atoms with Crippen molar-refractivity contribution in [3.05, 3.63) is 29.3 Å². The summed E-state index contributed by atoms with van der Waals surface area (Å²) >= 11 is 1.54. The summed E-state index contributed by atoms with van der Waals surface area (Å²) in [6.07, 6.45) is 0. The van der Waals surface area contributed by atoms with Gasteiger partial charge in [-0.15, -0.1) is 11.8 Å². The molecule has 0 spiro atoms. The number of thioether (sulfide) groups is 1. The molecule has 0 saturated heterocycles. The van der Waals surface area contributed by atoms with Gasteiger partial charge in [-0.2, -0.15) is 0 Å². The molecular weight excluding hydrogens is 264 g/mol. The number of esters is 1. The first-order valence-corrected chi connectivity index (χ1v) is 7.28. The van der Waals surface area contributed by atoms with Gasteiger partial charge in [0.1, 0.15) is 5.75 Å². The molecule has 0 heterocycles. The second kappa shape index (κ2) is 8.82. The minimum atomic E-state index is -0.169. The van der Waals surface area contributed by atoms with E-state index in [0.29, 0.717) is 12.4 Å². The molecule has 0 atom stereocenters. The molecule has 0 fully saturated rings. The first-order chi connectivity index (χ1) is 9.19. The first kappa shape index (κ1) is 15.9. The molecule has 1 aromatic rings. The van der Waals surface area contributed by atoms with Gasteiger partial charge in [-0.25, -0.2) is 0 Å². The SMILES string of the molecule is CCOC(=O)CSCc1cccc(OCOC)c1C. The van der Waals surface area contributed by atoms with E-state index < -0.39 is 0 Å². The minimum absolute atomic E-state index is 0.169. The number of hydrogen-bond acceptors (Lipinski definition) is 5. The molecule has 0 aromatic heterocycles. The lowest BCUT2D eigenvalue weighted by Gasteiger charge is -2.11. The van der Waals surface area contributed by atoms with E-state index >= 15 is 0 Å². The number of carbonyl (C=O) groups is 1. The monoisotopic (exact) mass is 284 g/mol. The highest BCUT2D eigenvalue weighted by atomic mass is 32.2. The van der Waals surface area contributed by atoms with E-state index in [1.807, 2.05) is 32.0 Å². The third-order valence-electron chi connectivity index (χ3n) is 2.51. The quantitative estimate of drug-likeness (QED) is 0.542. The number of methoxy groups -OCH3 is 1. The maximum absolute atomic E-state index is 11.2. The van der Waals surface area contributed by atoms with Crippen LogP contribution in [0.5, 0.6) is 5.75 Å². The van der Waals surface area contributed by atoms with Crippen LogP contribution in [0.4, 0.5) is 0 Å². The van der Waals surface area contributed by atoms with E-state index in [1.165, 1.54) is 11.8 Å². The average Bonchev–Trinajstić information content (AvgIpc) is 2.40. The van der Waals surface area contributed by atoms with E-state index in [9.17, 15) is 4.79 Å². The summed E-state index contributed by atoms with van der Waals surface area (Å²) in [4.78, 5) is 11.2. The summed E-state index contributed by atoms with van der Waals surface area (Å²) in [5.41, 5.74) is 2.24. The molecular formula is C14H20O4S. The maximum atomic E-state index is 11.2. The molecule has 0 radical (unpaired) electrons. The maximum Gasteiger partial charge on any atom is 0.315 e.